The van der Waals surface area contributed by atoms with Crippen molar-refractivity contribution in [1.82, 2.24) is 20.0 Å². The molecule has 5 nitrogen and oxygen atoms in total. The molecule has 2 aliphatic heterocycles. The van der Waals surface area contributed by atoms with Gasteiger partial charge in [0, 0.05) is 30.8 Å². The van der Waals surface area contributed by atoms with Gasteiger partial charge in [0.15, 0.2) is 0 Å². The van der Waals surface area contributed by atoms with Gasteiger partial charge in [0.25, 0.3) is 5.91 Å². The molecular weight excluding hydrogens is 360 g/mol. The summed E-state index contributed by atoms with van der Waals surface area (Å²) in [4.78, 5) is 15.2. The molecule has 0 unspecified atom stereocenters. The minimum Gasteiger partial charge on any atom is -0.339 e. The van der Waals surface area contributed by atoms with E-state index >= 15 is 0 Å². The molecule has 1 amide bonds. The van der Waals surface area contributed by atoms with Crippen LogP contribution in [0.1, 0.15) is 29.6 Å². The van der Waals surface area contributed by atoms with Crippen molar-refractivity contribution in [2.45, 2.75) is 19.3 Å². The predicted octanol–water partition coefficient (Wildman–Crippen LogP) is 3.76. The highest BCUT2D eigenvalue weighted by molar-refractivity contribution is 5.95. The van der Waals surface area contributed by atoms with Crippen LogP contribution >= 0.6 is 0 Å². The van der Waals surface area contributed by atoms with E-state index in [1.165, 1.54) is 6.42 Å². The molecular formula is C24H26N4O. The van der Waals surface area contributed by atoms with Gasteiger partial charge in [0.2, 0.25) is 0 Å². The van der Waals surface area contributed by atoms with Crippen molar-refractivity contribution >= 4 is 5.91 Å². The number of hydrogen-bond acceptors (Lipinski definition) is 3. The largest absolute Gasteiger partial charge is 0.339 e. The lowest BCUT2D eigenvalue weighted by Gasteiger charge is -2.39. The highest BCUT2D eigenvalue weighted by atomic mass is 16.2. The third-order valence-electron chi connectivity index (χ3n) is 6.49. The Balaban J connectivity index is 1.37. The summed E-state index contributed by atoms with van der Waals surface area (Å²) in [5.41, 5.74) is 4.18. The fourth-order valence-corrected chi connectivity index (χ4v) is 4.70. The Kier molecular flexibility index (Phi) is 4.68. The molecule has 1 aromatic heterocycles. The summed E-state index contributed by atoms with van der Waals surface area (Å²) in [7, 11) is 0. The second-order valence-electron chi connectivity index (χ2n) is 8.26. The number of hydrogen-bond donors (Lipinski definition) is 1. The first-order chi connectivity index (χ1) is 14.2. The number of nitrogens with one attached hydrogen (secondary N) is 1. The van der Waals surface area contributed by atoms with Crippen LogP contribution in [0.4, 0.5) is 0 Å². The second kappa shape index (κ2) is 7.48. The Morgan fingerprint density at radius 1 is 0.966 bits per heavy atom. The van der Waals surface area contributed by atoms with Gasteiger partial charge in [0.1, 0.15) is 0 Å². The zero-order valence-corrected chi connectivity index (χ0v) is 16.6. The van der Waals surface area contributed by atoms with E-state index in [9.17, 15) is 4.79 Å². The summed E-state index contributed by atoms with van der Waals surface area (Å²) in [5, 5.41) is 8.00. The lowest BCUT2D eigenvalue weighted by Crippen LogP contribution is -2.44. The van der Waals surface area contributed by atoms with Gasteiger partial charge in [-0.25, -0.2) is 4.68 Å². The normalized spacial score (nSPS) is 18.3. The average molecular weight is 386 g/mol. The van der Waals surface area contributed by atoms with E-state index in [-0.39, 0.29) is 5.91 Å². The molecule has 3 heterocycles. The number of aromatic nitrogens is 2. The van der Waals surface area contributed by atoms with Crippen molar-refractivity contribution in [3.05, 3.63) is 72.4 Å². The zero-order chi connectivity index (χ0) is 19.7. The van der Waals surface area contributed by atoms with E-state index in [4.69, 9.17) is 0 Å². The van der Waals surface area contributed by atoms with Crippen molar-refractivity contribution in [2.24, 2.45) is 5.41 Å². The molecule has 1 N–H and O–H groups in total. The molecule has 1 spiro atoms. The van der Waals surface area contributed by atoms with Crippen molar-refractivity contribution in [3.63, 3.8) is 0 Å². The van der Waals surface area contributed by atoms with Crippen LogP contribution < -0.4 is 5.32 Å². The molecule has 0 aliphatic carbocycles. The summed E-state index contributed by atoms with van der Waals surface area (Å²) >= 11 is 0. The van der Waals surface area contributed by atoms with E-state index in [0.717, 1.165) is 61.5 Å². The minimum absolute atomic E-state index is 0.126. The number of benzene rings is 2. The van der Waals surface area contributed by atoms with Crippen LogP contribution in [0, 0.1) is 5.41 Å². The highest BCUT2D eigenvalue weighted by Crippen LogP contribution is 2.37. The fraction of sp³-hybridized carbons (Fsp3) is 0.333. The van der Waals surface area contributed by atoms with Crippen LogP contribution in [-0.2, 0) is 0 Å². The number of carbonyl (C=O) groups excluding carboxylic acids is 1. The van der Waals surface area contributed by atoms with Gasteiger partial charge in [-0.3, -0.25) is 4.79 Å². The third kappa shape index (κ3) is 3.47. The number of piperidine rings is 1. The Morgan fingerprint density at radius 2 is 1.79 bits per heavy atom. The SMILES string of the molecule is O=C(c1cccc(-n2nccc2-c2ccccc2)c1)N1CCC2(CCNC2)CC1. The fourth-order valence-electron chi connectivity index (χ4n) is 4.70. The molecule has 29 heavy (non-hydrogen) atoms. The van der Waals surface area contributed by atoms with Crippen LogP contribution in [0.25, 0.3) is 16.9 Å². The van der Waals surface area contributed by atoms with Crippen molar-refractivity contribution < 1.29 is 4.79 Å². The van der Waals surface area contributed by atoms with Gasteiger partial charge in [-0.05, 0) is 55.5 Å². The summed E-state index contributed by atoms with van der Waals surface area (Å²) in [6.07, 6.45) is 5.24. The smallest absolute Gasteiger partial charge is 0.253 e. The van der Waals surface area contributed by atoms with Gasteiger partial charge in [-0.15, -0.1) is 0 Å². The maximum absolute atomic E-state index is 13.2. The Morgan fingerprint density at radius 3 is 2.55 bits per heavy atom. The monoisotopic (exact) mass is 386 g/mol. The van der Waals surface area contributed by atoms with Crippen LogP contribution in [0.2, 0.25) is 0 Å². The van der Waals surface area contributed by atoms with Crippen molar-refractivity contribution in [3.8, 4) is 16.9 Å². The molecule has 2 fully saturated rings. The van der Waals surface area contributed by atoms with Gasteiger partial charge in [0.05, 0.1) is 17.6 Å². The van der Waals surface area contributed by atoms with Crippen LogP contribution in [-0.4, -0.2) is 46.8 Å². The van der Waals surface area contributed by atoms with E-state index in [0.29, 0.717) is 5.41 Å². The predicted molar refractivity (Wildman–Crippen MR) is 114 cm³/mol. The molecule has 0 radical (unpaired) electrons. The van der Waals surface area contributed by atoms with Crippen molar-refractivity contribution in [2.75, 3.05) is 26.2 Å². The first-order valence-corrected chi connectivity index (χ1v) is 10.4. The van der Waals surface area contributed by atoms with Gasteiger partial charge in [-0.1, -0.05) is 36.4 Å². The number of nitrogens with zero attached hydrogens (tertiary/aromatic N) is 3. The molecule has 3 aromatic rings. The maximum atomic E-state index is 13.2. The zero-order valence-electron chi connectivity index (χ0n) is 16.6. The standard InChI is InChI=1S/C24H26N4O/c29-23(27-15-11-24(12-16-27)10-14-25-18-24)20-7-4-8-21(17-20)28-22(9-13-26-28)19-5-2-1-3-6-19/h1-9,13,17,25H,10-12,14-16,18H2. The molecule has 148 valence electrons. The summed E-state index contributed by atoms with van der Waals surface area (Å²) in [5.74, 6) is 0.126. The summed E-state index contributed by atoms with van der Waals surface area (Å²) < 4.78 is 1.90. The summed E-state index contributed by atoms with van der Waals surface area (Å²) in [6, 6.07) is 20.0. The number of amides is 1. The molecule has 0 saturated carbocycles. The maximum Gasteiger partial charge on any atom is 0.253 e. The van der Waals surface area contributed by atoms with Gasteiger partial charge >= 0.3 is 0 Å². The first kappa shape index (κ1) is 18.1. The topological polar surface area (TPSA) is 50.2 Å². The Labute approximate surface area is 171 Å². The summed E-state index contributed by atoms with van der Waals surface area (Å²) in [6.45, 7) is 3.92. The average Bonchev–Trinajstić information content (AvgIpc) is 3.45. The third-order valence-corrected chi connectivity index (χ3v) is 6.49. The Hall–Kier alpha value is -2.92. The lowest BCUT2D eigenvalue weighted by atomic mass is 9.78. The second-order valence-corrected chi connectivity index (χ2v) is 8.26. The molecule has 2 saturated heterocycles. The van der Waals surface area contributed by atoms with Crippen LogP contribution in [0.5, 0.6) is 0 Å². The van der Waals surface area contributed by atoms with Crippen LogP contribution in [0.15, 0.2) is 66.9 Å². The molecule has 2 aliphatic rings. The minimum atomic E-state index is 0.126. The van der Waals surface area contributed by atoms with Crippen molar-refractivity contribution in [1.29, 1.82) is 0 Å². The number of carbonyl (C=O) groups is 1. The first-order valence-electron chi connectivity index (χ1n) is 10.4. The quantitative estimate of drug-likeness (QED) is 0.746. The van der Waals surface area contributed by atoms with Crippen LogP contribution in [0.3, 0.4) is 0 Å². The highest BCUT2D eigenvalue weighted by Gasteiger charge is 2.38. The van der Waals surface area contributed by atoms with E-state index in [1.54, 1.807) is 6.20 Å². The van der Waals surface area contributed by atoms with E-state index in [2.05, 4.69) is 22.5 Å². The molecule has 0 atom stereocenters. The molecule has 5 rings (SSSR count). The molecule has 0 bridgehead atoms. The van der Waals surface area contributed by atoms with Gasteiger partial charge in [-0.2, -0.15) is 5.10 Å². The van der Waals surface area contributed by atoms with E-state index in [1.807, 2.05) is 58.1 Å². The Bertz CT molecular complexity index is 994. The number of rotatable bonds is 3. The van der Waals surface area contributed by atoms with E-state index < -0.39 is 0 Å². The van der Waals surface area contributed by atoms with Gasteiger partial charge < -0.3 is 10.2 Å². The molecule has 2 aromatic carbocycles. The number of likely N-dealkylation sites (tertiary alicyclic amines) is 1. The molecule has 5 heteroatoms. The lowest BCUT2D eigenvalue weighted by molar-refractivity contribution is 0.0607.